The van der Waals surface area contributed by atoms with Gasteiger partial charge in [0.2, 0.25) is 0 Å². The number of rotatable bonds is 3. The van der Waals surface area contributed by atoms with E-state index in [0.29, 0.717) is 11.7 Å². The zero-order valence-corrected chi connectivity index (χ0v) is 10.2. The molecule has 0 N–H and O–H groups in total. The van der Waals surface area contributed by atoms with Crippen molar-refractivity contribution in [3.05, 3.63) is 17.5 Å². The maximum absolute atomic E-state index is 11.2. The van der Waals surface area contributed by atoms with Gasteiger partial charge in [-0.1, -0.05) is 6.92 Å². The van der Waals surface area contributed by atoms with Crippen LogP contribution in [0.4, 0.5) is 0 Å². The third kappa shape index (κ3) is 2.52. The minimum Gasteiger partial charge on any atom is -0.300 e. The lowest BCUT2D eigenvalue weighted by atomic mass is 9.85. The van der Waals surface area contributed by atoms with Crippen molar-refractivity contribution in [2.45, 2.75) is 45.4 Å². The first-order valence-corrected chi connectivity index (χ1v) is 6.22. The van der Waals surface area contributed by atoms with Gasteiger partial charge in [-0.25, -0.2) is 0 Å². The molecule has 1 aliphatic rings. The Bertz CT molecular complexity index is 371. The van der Waals surface area contributed by atoms with Crippen molar-refractivity contribution < 1.29 is 4.79 Å². The Kier molecular flexibility index (Phi) is 3.42. The van der Waals surface area contributed by atoms with Crippen LogP contribution in [-0.4, -0.2) is 15.6 Å². The maximum Gasteiger partial charge on any atom is 0.132 e. The van der Waals surface area contributed by atoms with Gasteiger partial charge in [0, 0.05) is 25.6 Å². The quantitative estimate of drug-likeness (QED) is 0.783. The number of aryl methyl sites for hydroxylation is 2. The van der Waals surface area contributed by atoms with Gasteiger partial charge >= 0.3 is 0 Å². The van der Waals surface area contributed by atoms with Crippen LogP contribution >= 0.6 is 0 Å². The second kappa shape index (κ2) is 4.81. The predicted molar refractivity (Wildman–Crippen MR) is 63.3 cm³/mol. The number of hydrogen-bond donors (Lipinski definition) is 0. The van der Waals surface area contributed by atoms with Crippen molar-refractivity contribution in [1.82, 2.24) is 9.78 Å². The maximum atomic E-state index is 11.2. The molecule has 1 aliphatic carbocycles. The lowest BCUT2D eigenvalue weighted by molar-refractivity contribution is -0.121. The van der Waals surface area contributed by atoms with Gasteiger partial charge in [-0.15, -0.1) is 0 Å². The SMILES string of the molecule is CCc1cc(CC2CCC(=O)CC2)n(C)n1. The van der Waals surface area contributed by atoms with E-state index in [1.165, 1.54) is 11.4 Å². The third-order valence-corrected chi connectivity index (χ3v) is 3.55. The molecule has 0 radical (unpaired) electrons. The molecule has 3 heteroatoms. The molecule has 2 rings (SSSR count). The smallest absolute Gasteiger partial charge is 0.132 e. The van der Waals surface area contributed by atoms with Crippen LogP contribution in [0.1, 0.15) is 44.0 Å². The fraction of sp³-hybridized carbons (Fsp3) is 0.692. The van der Waals surface area contributed by atoms with Crippen LogP contribution in [0, 0.1) is 5.92 Å². The van der Waals surface area contributed by atoms with Crippen molar-refractivity contribution in [2.24, 2.45) is 13.0 Å². The molecular weight excluding hydrogens is 200 g/mol. The van der Waals surface area contributed by atoms with Crippen LogP contribution < -0.4 is 0 Å². The van der Waals surface area contributed by atoms with Crippen LogP contribution in [0.15, 0.2) is 6.07 Å². The van der Waals surface area contributed by atoms with Crippen LogP contribution in [-0.2, 0) is 24.7 Å². The summed E-state index contributed by atoms with van der Waals surface area (Å²) in [5, 5.41) is 4.46. The summed E-state index contributed by atoms with van der Waals surface area (Å²) in [6.07, 6.45) is 5.76. The van der Waals surface area contributed by atoms with E-state index in [1.54, 1.807) is 0 Å². The summed E-state index contributed by atoms with van der Waals surface area (Å²) >= 11 is 0. The van der Waals surface area contributed by atoms with E-state index < -0.39 is 0 Å². The molecule has 0 spiro atoms. The normalized spacial score (nSPS) is 18.0. The first-order valence-electron chi connectivity index (χ1n) is 6.22. The molecule has 0 unspecified atom stereocenters. The minimum absolute atomic E-state index is 0.440. The highest BCUT2D eigenvalue weighted by Gasteiger charge is 2.20. The van der Waals surface area contributed by atoms with Gasteiger partial charge in [0.1, 0.15) is 5.78 Å². The zero-order chi connectivity index (χ0) is 11.5. The summed E-state index contributed by atoms with van der Waals surface area (Å²) in [5.41, 5.74) is 2.49. The first-order chi connectivity index (χ1) is 7.69. The van der Waals surface area contributed by atoms with E-state index in [2.05, 4.69) is 18.1 Å². The molecule has 1 heterocycles. The van der Waals surface area contributed by atoms with Crippen LogP contribution in [0.5, 0.6) is 0 Å². The molecule has 16 heavy (non-hydrogen) atoms. The van der Waals surface area contributed by atoms with Crippen molar-refractivity contribution in [2.75, 3.05) is 0 Å². The van der Waals surface area contributed by atoms with E-state index in [-0.39, 0.29) is 0 Å². The highest BCUT2D eigenvalue weighted by Crippen LogP contribution is 2.25. The molecule has 0 amide bonds. The number of Topliss-reactive ketones (excluding diaryl/α,β-unsaturated/α-hetero) is 1. The average molecular weight is 220 g/mol. The fourth-order valence-electron chi connectivity index (χ4n) is 2.43. The Balaban J connectivity index is 1.98. The summed E-state index contributed by atoms with van der Waals surface area (Å²) in [5.74, 6) is 1.12. The molecule has 1 aromatic rings. The van der Waals surface area contributed by atoms with E-state index in [1.807, 2.05) is 11.7 Å². The molecule has 1 saturated carbocycles. The van der Waals surface area contributed by atoms with Gasteiger partial charge in [0.25, 0.3) is 0 Å². The van der Waals surface area contributed by atoms with Crippen molar-refractivity contribution in [1.29, 1.82) is 0 Å². The van der Waals surface area contributed by atoms with Gasteiger partial charge < -0.3 is 0 Å². The van der Waals surface area contributed by atoms with Crippen LogP contribution in [0.3, 0.4) is 0 Å². The van der Waals surface area contributed by atoms with Gasteiger partial charge in [0.05, 0.1) is 5.69 Å². The summed E-state index contributed by atoms with van der Waals surface area (Å²) < 4.78 is 2.00. The Hall–Kier alpha value is -1.12. The molecule has 0 bridgehead atoms. The van der Waals surface area contributed by atoms with E-state index >= 15 is 0 Å². The van der Waals surface area contributed by atoms with Gasteiger partial charge in [-0.2, -0.15) is 5.10 Å². The van der Waals surface area contributed by atoms with Crippen molar-refractivity contribution >= 4 is 5.78 Å². The Morgan fingerprint density at radius 1 is 1.44 bits per heavy atom. The molecule has 0 aromatic carbocycles. The minimum atomic E-state index is 0.440. The monoisotopic (exact) mass is 220 g/mol. The van der Waals surface area contributed by atoms with Crippen molar-refractivity contribution in [3.63, 3.8) is 0 Å². The standard InChI is InChI=1S/C13H20N2O/c1-3-11-9-12(15(2)14-11)8-10-4-6-13(16)7-5-10/h9-10H,3-8H2,1-2H3. The highest BCUT2D eigenvalue weighted by atomic mass is 16.1. The summed E-state index contributed by atoms with van der Waals surface area (Å²) in [7, 11) is 2.02. The largest absolute Gasteiger partial charge is 0.300 e. The van der Waals surface area contributed by atoms with Crippen LogP contribution in [0.25, 0.3) is 0 Å². The average Bonchev–Trinajstić information content (AvgIpc) is 2.63. The second-order valence-corrected chi connectivity index (χ2v) is 4.79. The topological polar surface area (TPSA) is 34.9 Å². The molecule has 0 aliphatic heterocycles. The van der Waals surface area contributed by atoms with E-state index in [0.717, 1.165) is 38.5 Å². The highest BCUT2D eigenvalue weighted by molar-refractivity contribution is 5.79. The van der Waals surface area contributed by atoms with Gasteiger partial charge in [-0.05, 0) is 37.7 Å². The first kappa shape index (κ1) is 11.4. The molecule has 0 atom stereocenters. The molecule has 1 fully saturated rings. The summed E-state index contributed by atoms with van der Waals surface area (Å²) in [6, 6.07) is 2.20. The molecule has 88 valence electrons. The van der Waals surface area contributed by atoms with E-state index in [9.17, 15) is 4.79 Å². The molecular formula is C13H20N2O. The lowest BCUT2D eigenvalue weighted by Gasteiger charge is -2.20. The van der Waals surface area contributed by atoms with Crippen molar-refractivity contribution in [3.8, 4) is 0 Å². The molecule has 3 nitrogen and oxygen atoms in total. The number of ketones is 1. The second-order valence-electron chi connectivity index (χ2n) is 4.79. The number of carbonyl (C=O) groups is 1. The van der Waals surface area contributed by atoms with Crippen LogP contribution in [0.2, 0.25) is 0 Å². The third-order valence-electron chi connectivity index (χ3n) is 3.55. The number of aromatic nitrogens is 2. The van der Waals surface area contributed by atoms with E-state index in [4.69, 9.17) is 0 Å². The van der Waals surface area contributed by atoms with Gasteiger partial charge in [0.15, 0.2) is 0 Å². The Morgan fingerprint density at radius 3 is 2.69 bits per heavy atom. The Labute approximate surface area is 96.8 Å². The molecule has 1 aromatic heterocycles. The summed E-state index contributed by atoms with van der Waals surface area (Å²) in [6.45, 7) is 2.13. The summed E-state index contributed by atoms with van der Waals surface area (Å²) in [4.78, 5) is 11.2. The lowest BCUT2D eigenvalue weighted by Crippen LogP contribution is -2.17. The Morgan fingerprint density at radius 2 is 2.12 bits per heavy atom. The predicted octanol–water partition coefficient (Wildman–Crippen LogP) is 2.28. The zero-order valence-electron chi connectivity index (χ0n) is 10.2. The van der Waals surface area contributed by atoms with Gasteiger partial charge in [-0.3, -0.25) is 9.48 Å². The number of nitrogens with zero attached hydrogens (tertiary/aromatic N) is 2. The number of carbonyl (C=O) groups excluding carboxylic acids is 1. The fourth-order valence-corrected chi connectivity index (χ4v) is 2.43. The molecule has 0 saturated heterocycles. The number of hydrogen-bond acceptors (Lipinski definition) is 2.